The van der Waals surface area contributed by atoms with Crippen LogP contribution in [0, 0.1) is 6.92 Å². The van der Waals surface area contributed by atoms with Crippen LogP contribution >= 0.6 is 0 Å². The summed E-state index contributed by atoms with van der Waals surface area (Å²) in [5, 5.41) is 2.74. The number of nitrogens with one attached hydrogen (secondary N) is 1. The first-order valence-electron chi connectivity index (χ1n) is 9.11. The lowest BCUT2D eigenvalue weighted by atomic mass is 9.93. The predicted molar refractivity (Wildman–Crippen MR) is 102 cm³/mol. The van der Waals surface area contributed by atoms with Crippen molar-refractivity contribution in [3.8, 4) is 0 Å². The third kappa shape index (κ3) is 4.52. The van der Waals surface area contributed by atoms with Crippen molar-refractivity contribution >= 4 is 17.7 Å². The van der Waals surface area contributed by atoms with Crippen molar-refractivity contribution in [3.63, 3.8) is 0 Å². The van der Waals surface area contributed by atoms with Crippen LogP contribution in [0.25, 0.3) is 0 Å². The summed E-state index contributed by atoms with van der Waals surface area (Å²) in [5.74, 6) is -0.840. The Kier molecular flexibility index (Phi) is 5.81. The van der Waals surface area contributed by atoms with Crippen LogP contribution in [0.15, 0.2) is 42.5 Å². The van der Waals surface area contributed by atoms with Crippen molar-refractivity contribution in [1.82, 2.24) is 4.90 Å². The van der Waals surface area contributed by atoms with E-state index in [1.165, 1.54) is 24.1 Å². The molecule has 1 atom stereocenters. The van der Waals surface area contributed by atoms with Gasteiger partial charge in [-0.15, -0.1) is 0 Å². The molecular weight excluding hydrogens is 385 g/mol. The molecule has 3 rings (SSSR count). The molecule has 8 heteroatoms. The number of nitrogens with zero attached hydrogens (tertiary/aromatic N) is 1. The van der Waals surface area contributed by atoms with E-state index in [4.69, 9.17) is 4.74 Å². The van der Waals surface area contributed by atoms with Crippen LogP contribution in [0.3, 0.4) is 0 Å². The molecule has 2 aromatic carbocycles. The Labute approximate surface area is 166 Å². The Balaban J connectivity index is 1.69. The second kappa shape index (κ2) is 8.14. The van der Waals surface area contributed by atoms with Gasteiger partial charge in [0.15, 0.2) is 0 Å². The van der Waals surface area contributed by atoms with E-state index in [2.05, 4.69) is 5.32 Å². The molecule has 1 saturated heterocycles. The topological polar surface area (TPSA) is 58.6 Å². The summed E-state index contributed by atoms with van der Waals surface area (Å²) in [4.78, 5) is 25.7. The molecule has 0 saturated carbocycles. The minimum absolute atomic E-state index is 0.207. The number of esters is 1. The van der Waals surface area contributed by atoms with E-state index in [9.17, 15) is 22.8 Å². The van der Waals surface area contributed by atoms with Gasteiger partial charge in [-0.05, 0) is 48.7 Å². The van der Waals surface area contributed by atoms with Gasteiger partial charge < -0.3 is 15.0 Å². The predicted octanol–water partition coefficient (Wildman–Crippen LogP) is 4.82. The summed E-state index contributed by atoms with van der Waals surface area (Å²) in [5.41, 5.74) is 1.11. The zero-order chi connectivity index (χ0) is 21.2. The largest absolute Gasteiger partial charge is 0.465 e. The maximum Gasteiger partial charge on any atom is 0.416 e. The molecule has 1 heterocycles. The van der Waals surface area contributed by atoms with Crippen LogP contribution in [0.2, 0.25) is 0 Å². The average molecular weight is 406 g/mol. The number of rotatable bonds is 3. The fraction of sp³-hybridized carbons (Fsp3) is 0.333. The van der Waals surface area contributed by atoms with E-state index in [1.807, 2.05) is 0 Å². The van der Waals surface area contributed by atoms with Crippen molar-refractivity contribution < 1.29 is 27.5 Å². The number of urea groups is 1. The number of alkyl halides is 3. The zero-order valence-electron chi connectivity index (χ0n) is 16.0. The van der Waals surface area contributed by atoms with Crippen LogP contribution in [0.4, 0.5) is 23.7 Å². The first-order chi connectivity index (χ1) is 13.7. The standard InChI is InChI=1S/C21H21F3N2O3/c1-13-11-15(7-8-16(13)19(27)29-2)25-20(28)26-10-9-14(12-26)17-5-3-4-6-18(17)21(22,23)24/h3-8,11,14H,9-10,12H2,1-2H3,(H,25,28). The maximum absolute atomic E-state index is 13.3. The Bertz CT molecular complexity index is 928. The van der Waals surface area contributed by atoms with Gasteiger partial charge in [0.25, 0.3) is 0 Å². The third-order valence-corrected chi connectivity index (χ3v) is 5.06. The van der Waals surface area contributed by atoms with Crippen LogP contribution < -0.4 is 5.32 Å². The summed E-state index contributed by atoms with van der Waals surface area (Å²) in [6, 6.07) is 9.91. The van der Waals surface area contributed by atoms with Crippen molar-refractivity contribution in [3.05, 3.63) is 64.7 Å². The highest BCUT2D eigenvalue weighted by molar-refractivity contribution is 5.93. The molecule has 0 spiro atoms. The summed E-state index contributed by atoms with van der Waals surface area (Å²) in [7, 11) is 1.29. The van der Waals surface area contributed by atoms with E-state index in [0.29, 0.717) is 29.8 Å². The van der Waals surface area contributed by atoms with Gasteiger partial charge in [-0.25, -0.2) is 9.59 Å². The minimum Gasteiger partial charge on any atom is -0.465 e. The number of carbonyl (C=O) groups is 2. The molecule has 2 aromatic rings. The number of amides is 2. The Hall–Kier alpha value is -3.03. The van der Waals surface area contributed by atoms with Gasteiger partial charge >= 0.3 is 18.2 Å². The fourth-order valence-electron chi connectivity index (χ4n) is 3.59. The van der Waals surface area contributed by atoms with Gasteiger partial charge in [0, 0.05) is 24.7 Å². The lowest BCUT2D eigenvalue weighted by molar-refractivity contribution is -0.138. The molecule has 0 bridgehead atoms. The van der Waals surface area contributed by atoms with E-state index in [-0.39, 0.29) is 24.1 Å². The Morgan fingerprint density at radius 2 is 1.90 bits per heavy atom. The molecular formula is C21H21F3N2O3. The van der Waals surface area contributed by atoms with Crippen LogP contribution in [0.5, 0.6) is 0 Å². The van der Waals surface area contributed by atoms with Gasteiger partial charge in [-0.3, -0.25) is 0 Å². The molecule has 0 radical (unpaired) electrons. The molecule has 1 aliphatic rings. The van der Waals surface area contributed by atoms with Gasteiger partial charge in [-0.2, -0.15) is 13.2 Å². The highest BCUT2D eigenvalue weighted by atomic mass is 19.4. The monoisotopic (exact) mass is 406 g/mol. The Morgan fingerprint density at radius 1 is 1.17 bits per heavy atom. The summed E-state index contributed by atoms with van der Waals surface area (Å²) < 4.78 is 44.5. The summed E-state index contributed by atoms with van der Waals surface area (Å²) in [6.45, 7) is 2.29. The van der Waals surface area contributed by atoms with Crippen LogP contribution in [-0.2, 0) is 10.9 Å². The van der Waals surface area contributed by atoms with E-state index < -0.39 is 17.7 Å². The number of hydrogen-bond acceptors (Lipinski definition) is 3. The fourth-order valence-corrected chi connectivity index (χ4v) is 3.59. The molecule has 1 N–H and O–H groups in total. The molecule has 0 aliphatic carbocycles. The van der Waals surface area contributed by atoms with E-state index >= 15 is 0 Å². The SMILES string of the molecule is COC(=O)c1ccc(NC(=O)N2CCC(c3ccccc3C(F)(F)F)C2)cc1C. The molecule has 0 aromatic heterocycles. The maximum atomic E-state index is 13.3. The van der Waals surface area contributed by atoms with Crippen molar-refractivity contribution in [2.75, 3.05) is 25.5 Å². The number of halogens is 3. The third-order valence-electron chi connectivity index (χ3n) is 5.06. The first-order valence-corrected chi connectivity index (χ1v) is 9.11. The highest BCUT2D eigenvalue weighted by Gasteiger charge is 2.37. The Morgan fingerprint density at radius 3 is 2.55 bits per heavy atom. The quantitative estimate of drug-likeness (QED) is 0.744. The second-order valence-electron chi connectivity index (χ2n) is 6.97. The molecule has 1 unspecified atom stereocenters. The lowest BCUT2D eigenvalue weighted by Gasteiger charge is -2.20. The number of carbonyl (C=O) groups excluding carboxylic acids is 2. The van der Waals surface area contributed by atoms with E-state index in [0.717, 1.165) is 6.07 Å². The summed E-state index contributed by atoms with van der Waals surface area (Å²) in [6.07, 6.45) is -3.97. The normalized spacial score (nSPS) is 16.6. The zero-order valence-corrected chi connectivity index (χ0v) is 16.0. The molecule has 154 valence electrons. The number of ether oxygens (including phenoxy) is 1. The van der Waals surface area contributed by atoms with Crippen molar-refractivity contribution in [1.29, 1.82) is 0 Å². The second-order valence-corrected chi connectivity index (χ2v) is 6.97. The van der Waals surface area contributed by atoms with Gasteiger partial charge in [0.2, 0.25) is 0 Å². The van der Waals surface area contributed by atoms with Gasteiger partial charge in [0.05, 0.1) is 18.2 Å². The minimum atomic E-state index is -4.43. The van der Waals surface area contributed by atoms with Crippen molar-refractivity contribution in [2.24, 2.45) is 0 Å². The molecule has 1 aliphatic heterocycles. The van der Waals surface area contributed by atoms with E-state index in [1.54, 1.807) is 31.2 Å². The first kappa shape index (κ1) is 20.7. The molecule has 2 amide bonds. The van der Waals surface area contributed by atoms with Gasteiger partial charge in [-0.1, -0.05) is 18.2 Å². The van der Waals surface area contributed by atoms with Crippen molar-refractivity contribution in [2.45, 2.75) is 25.4 Å². The molecule has 1 fully saturated rings. The number of aryl methyl sites for hydroxylation is 1. The number of likely N-dealkylation sites (tertiary alicyclic amines) is 1. The molecule has 5 nitrogen and oxygen atoms in total. The number of hydrogen-bond donors (Lipinski definition) is 1. The highest BCUT2D eigenvalue weighted by Crippen LogP contribution is 2.38. The average Bonchev–Trinajstić information content (AvgIpc) is 3.17. The number of benzene rings is 2. The van der Waals surface area contributed by atoms with Crippen LogP contribution in [-0.4, -0.2) is 37.1 Å². The smallest absolute Gasteiger partial charge is 0.416 e. The lowest BCUT2D eigenvalue weighted by Crippen LogP contribution is -2.33. The van der Waals surface area contributed by atoms with Crippen LogP contribution in [0.1, 0.15) is 39.4 Å². The van der Waals surface area contributed by atoms with Gasteiger partial charge in [0.1, 0.15) is 0 Å². The molecule has 29 heavy (non-hydrogen) atoms. The number of anilines is 1. The number of methoxy groups -OCH3 is 1. The summed E-state index contributed by atoms with van der Waals surface area (Å²) >= 11 is 0.